The van der Waals surface area contributed by atoms with Gasteiger partial charge < -0.3 is 0 Å². The molecule has 0 spiro atoms. The molecular formula is C8H17ClI2Si. The maximum atomic E-state index is 6.19. The van der Waals surface area contributed by atoms with Crippen LogP contribution < -0.4 is 0 Å². The molecule has 0 unspecified atom stereocenters. The molecule has 0 radical (unpaired) electrons. The minimum absolute atomic E-state index is 1.27. The Morgan fingerprint density at radius 3 is 2.00 bits per heavy atom. The van der Waals surface area contributed by atoms with E-state index >= 15 is 0 Å². The first-order valence-corrected chi connectivity index (χ1v) is 14.1. The molecule has 4 heteroatoms. The van der Waals surface area contributed by atoms with Crippen molar-refractivity contribution in [3.63, 3.8) is 0 Å². The fourth-order valence-corrected chi connectivity index (χ4v) is 4.45. The molecule has 0 aromatic carbocycles. The molecule has 0 aromatic heterocycles. The summed E-state index contributed by atoms with van der Waals surface area (Å²) in [6.07, 6.45) is 8.28. The molecule has 0 aliphatic heterocycles. The maximum absolute atomic E-state index is 6.19. The number of rotatable bonds is 7. The summed E-state index contributed by atoms with van der Waals surface area (Å²) in [6, 6.07) is 1.27. The monoisotopic (exact) mass is 430 g/mol. The zero-order chi connectivity index (χ0) is 9.45. The second-order valence-electron chi connectivity index (χ2n) is 3.13. The quantitative estimate of drug-likeness (QED) is 0.220. The van der Waals surface area contributed by atoms with Gasteiger partial charge in [0, 0.05) is 0 Å². The molecule has 12 heavy (non-hydrogen) atoms. The first kappa shape index (κ1) is 14.0. The van der Waals surface area contributed by atoms with Crippen molar-refractivity contribution in [3.8, 4) is 0 Å². The number of unbranched alkanes of at least 4 members (excludes halogenated alkanes) is 5. The van der Waals surface area contributed by atoms with Crippen LogP contribution in [0.5, 0.6) is 0 Å². The summed E-state index contributed by atoms with van der Waals surface area (Å²) in [5.41, 5.74) is 0. The van der Waals surface area contributed by atoms with Crippen LogP contribution in [0.2, 0.25) is 6.04 Å². The summed E-state index contributed by atoms with van der Waals surface area (Å²) in [7, 11) is 0. The topological polar surface area (TPSA) is 0 Å². The van der Waals surface area contributed by atoms with Crippen molar-refractivity contribution in [1.29, 1.82) is 0 Å². The summed E-state index contributed by atoms with van der Waals surface area (Å²) in [5, 5.41) is 0. The molecule has 0 aliphatic carbocycles. The predicted molar refractivity (Wildman–Crippen MR) is 77.8 cm³/mol. The van der Waals surface area contributed by atoms with E-state index in [0.29, 0.717) is 0 Å². The SMILES string of the molecule is CCCCCCCC[Si](Cl)(I)I. The zero-order valence-corrected chi connectivity index (χ0v) is 13.7. The molecule has 0 aliphatic rings. The second kappa shape index (κ2) is 8.29. The summed E-state index contributed by atoms with van der Waals surface area (Å²) in [4.78, 5) is 0. The van der Waals surface area contributed by atoms with Crippen molar-refractivity contribution in [2.24, 2.45) is 0 Å². The van der Waals surface area contributed by atoms with Crippen LogP contribution in [0, 0.1) is 0 Å². The molecule has 0 aromatic rings. The van der Waals surface area contributed by atoms with E-state index in [4.69, 9.17) is 11.1 Å². The van der Waals surface area contributed by atoms with E-state index in [9.17, 15) is 0 Å². The summed E-state index contributed by atoms with van der Waals surface area (Å²) in [5.74, 6) is 0. The molecule has 0 atom stereocenters. The number of hydrogen-bond donors (Lipinski definition) is 0. The Balaban J connectivity index is 3.01. The Morgan fingerprint density at radius 2 is 1.50 bits per heavy atom. The Bertz CT molecular complexity index is 104. The van der Waals surface area contributed by atoms with E-state index in [-0.39, 0.29) is 0 Å². The van der Waals surface area contributed by atoms with Crippen LogP contribution in [0.1, 0.15) is 45.4 Å². The molecule has 0 heterocycles. The van der Waals surface area contributed by atoms with Crippen LogP contribution in [0.15, 0.2) is 0 Å². The maximum Gasteiger partial charge on any atom is 0.283 e. The lowest BCUT2D eigenvalue weighted by Crippen LogP contribution is -2.05. The van der Waals surface area contributed by atoms with Crippen LogP contribution in [0.3, 0.4) is 0 Å². The Kier molecular flexibility index (Phi) is 9.65. The lowest BCUT2D eigenvalue weighted by atomic mass is 10.1. The standard InChI is InChI=1S/C8H17ClI2Si/c1-2-3-4-5-6-7-8-12(9,10)11/h2-8H2,1H3. The third kappa shape index (κ3) is 12.0. The highest BCUT2D eigenvalue weighted by atomic mass is 127. The van der Waals surface area contributed by atoms with Gasteiger partial charge in [-0.2, -0.15) is 0 Å². The largest absolute Gasteiger partial charge is 0.283 e. The predicted octanol–water partition coefficient (Wildman–Crippen LogP) is 5.39. The van der Waals surface area contributed by atoms with Crippen molar-refractivity contribution in [2.75, 3.05) is 0 Å². The lowest BCUT2D eigenvalue weighted by molar-refractivity contribution is 0.624. The Labute approximate surface area is 107 Å². The first-order valence-electron chi connectivity index (χ1n) is 4.63. The summed E-state index contributed by atoms with van der Waals surface area (Å²) in [6.45, 7) is 2.26. The van der Waals surface area contributed by atoms with Crippen molar-refractivity contribution in [3.05, 3.63) is 0 Å². The molecule has 0 rings (SSSR count). The molecule has 0 nitrogen and oxygen atoms in total. The Morgan fingerprint density at radius 1 is 1.00 bits per heavy atom. The van der Waals surface area contributed by atoms with E-state index < -0.39 is 2.38 Å². The molecule has 0 N–H and O–H groups in total. The normalized spacial score (nSPS) is 12.0. The number of halogens is 3. The van der Waals surface area contributed by atoms with Crippen LogP contribution in [0.25, 0.3) is 0 Å². The van der Waals surface area contributed by atoms with Gasteiger partial charge in [0.05, 0.1) is 0 Å². The van der Waals surface area contributed by atoms with Gasteiger partial charge >= 0.3 is 0 Å². The third-order valence-corrected chi connectivity index (χ3v) is 6.54. The minimum atomic E-state index is -1.31. The van der Waals surface area contributed by atoms with E-state index in [2.05, 4.69) is 50.5 Å². The second-order valence-corrected chi connectivity index (χ2v) is 27.9. The van der Waals surface area contributed by atoms with Gasteiger partial charge in [0.1, 0.15) is 0 Å². The van der Waals surface area contributed by atoms with E-state index in [1.807, 2.05) is 0 Å². The van der Waals surface area contributed by atoms with Gasteiger partial charge in [-0.3, -0.25) is 0 Å². The van der Waals surface area contributed by atoms with Crippen molar-refractivity contribution >= 4 is 57.1 Å². The fourth-order valence-electron chi connectivity index (χ4n) is 1.11. The highest BCUT2D eigenvalue weighted by molar-refractivity contribution is 14.3. The van der Waals surface area contributed by atoms with Crippen LogP contribution in [-0.2, 0) is 0 Å². The highest BCUT2D eigenvalue weighted by Gasteiger charge is 2.21. The summed E-state index contributed by atoms with van der Waals surface area (Å²) < 4.78 is -1.31. The molecule has 0 saturated heterocycles. The fraction of sp³-hybridized carbons (Fsp3) is 1.00. The van der Waals surface area contributed by atoms with Gasteiger partial charge in [-0.25, -0.2) is 0 Å². The van der Waals surface area contributed by atoms with Crippen molar-refractivity contribution < 1.29 is 0 Å². The van der Waals surface area contributed by atoms with Gasteiger partial charge in [0.2, 0.25) is 0 Å². The Hall–Kier alpha value is 1.97. The third-order valence-electron chi connectivity index (χ3n) is 1.81. The van der Waals surface area contributed by atoms with Gasteiger partial charge in [-0.05, 0) is 6.04 Å². The number of hydrogen-bond acceptors (Lipinski definition) is 0. The lowest BCUT2D eigenvalue weighted by Gasteiger charge is -2.07. The molecule has 0 fully saturated rings. The average molecular weight is 431 g/mol. The molecule has 0 bridgehead atoms. The highest BCUT2D eigenvalue weighted by Crippen LogP contribution is 2.32. The van der Waals surface area contributed by atoms with Crippen LogP contribution in [0.4, 0.5) is 0 Å². The van der Waals surface area contributed by atoms with Gasteiger partial charge in [0.25, 0.3) is 2.38 Å². The van der Waals surface area contributed by atoms with Crippen molar-refractivity contribution in [2.45, 2.75) is 51.5 Å². The molecule has 0 amide bonds. The van der Waals surface area contributed by atoms with Gasteiger partial charge in [0.15, 0.2) is 0 Å². The van der Waals surface area contributed by atoms with Gasteiger partial charge in [-0.15, -0.1) is 11.1 Å². The molecule has 0 saturated carbocycles. The van der Waals surface area contributed by atoms with E-state index in [1.165, 1.54) is 44.6 Å². The zero-order valence-electron chi connectivity index (χ0n) is 7.58. The minimum Gasteiger partial charge on any atom is -0.139 e. The van der Waals surface area contributed by atoms with Gasteiger partial charge in [-0.1, -0.05) is 89.0 Å². The molecule has 74 valence electrons. The smallest absolute Gasteiger partial charge is 0.139 e. The van der Waals surface area contributed by atoms with Crippen LogP contribution in [-0.4, -0.2) is 2.38 Å². The van der Waals surface area contributed by atoms with E-state index in [0.717, 1.165) is 0 Å². The van der Waals surface area contributed by atoms with E-state index in [1.54, 1.807) is 0 Å². The average Bonchev–Trinajstić information content (AvgIpc) is 1.94. The van der Waals surface area contributed by atoms with Crippen molar-refractivity contribution in [1.82, 2.24) is 0 Å². The van der Waals surface area contributed by atoms with Crippen LogP contribution >= 0.6 is 54.7 Å². The molecular weight excluding hydrogens is 413 g/mol. The first-order chi connectivity index (χ1) is 5.56. The summed E-state index contributed by atoms with van der Waals surface area (Å²) >= 11 is 11.1.